The maximum atomic E-state index is 11.6. The predicted molar refractivity (Wildman–Crippen MR) is 42.6 cm³/mol. The summed E-state index contributed by atoms with van der Waals surface area (Å²) in [6.45, 7) is 0. The lowest BCUT2D eigenvalue weighted by atomic mass is 9.52. The van der Waals surface area contributed by atoms with Gasteiger partial charge in [-0.15, -0.1) is 0 Å². The molecule has 0 spiro atoms. The molecular weight excluding hydrogens is 152 g/mol. The first kappa shape index (κ1) is 6.81. The monoisotopic (exact) mass is 164 g/mol. The Kier molecular flexibility index (Phi) is 0.940. The van der Waals surface area contributed by atoms with Crippen LogP contribution < -0.4 is 0 Å². The van der Waals surface area contributed by atoms with E-state index in [9.17, 15) is 9.59 Å². The van der Waals surface area contributed by atoms with Crippen molar-refractivity contribution in [2.75, 3.05) is 0 Å². The molecule has 0 aromatic rings. The fourth-order valence-corrected chi connectivity index (χ4v) is 3.68. The Balaban J connectivity index is 2.17. The average Bonchev–Trinajstić information content (AvgIpc) is 2.29. The zero-order valence-corrected chi connectivity index (χ0v) is 7.06. The molecule has 3 aliphatic carbocycles. The second kappa shape index (κ2) is 1.66. The van der Waals surface area contributed by atoms with Crippen LogP contribution in [0.4, 0.5) is 0 Å². The van der Waals surface area contributed by atoms with Crippen molar-refractivity contribution in [1.29, 1.82) is 0 Å². The topological polar surface area (TPSA) is 34.1 Å². The molecule has 0 N–H and O–H groups in total. The highest BCUT2D eigenvalue weighted by Crippen LogP contribution is 2.71. The van der Waals surface area contributed by atoms with Crippen molar-refractivity contribution < 1.29 is 9.59 Å². The van der Waals surface area contributed by atoms with Crippen LogP contribution >= 0.6 is 0 Å². The first-order valence-electron chi connectivity index (χ1n) is 4.78. The van der Waals surface area contributed by atoms with Crippen LogP contribution in [-0.4, -0.2) is 11.6 Å². The molecule has 0 amide bonds. The van der Waals surface area contributed by atoms with Gasteiger partial charge in [-0.05, 0) is 25.7 Å². The number of rotatable bonds is 0. The Labute approximate surface area is 71.3 Å². The Hall–Kier alpha value is -0.660. The van der Waals surface area contributed by atoms with Crippen LogP contribution in [0, 0.1) is 10.8 Å². The number of hydrogen-bond acceptors (Lipinski definition) is 2. The van der Waals surface area contributed by atoms with E-state index < -0.39 is 0 Å². The van der Waals surface area contributed by atoms with Crippen molar-refractivity contribution in [2.24, 2.45) is 10.8 Å². The summed E-state index contributed by atoms with van der Waals surface area (Å²) in [5.74, 6) is 0.777. The standard InChI is InChI=1S/C10H12O2/c11-7-1-3-9-5-6-10(7,9)4-2-8(9)12/h1-6H2. The van der Waals surface area contributed by atoms with Crippen molar-refractivity contribution >= 4 is 11.6 Å². The lowest BCUT2D eigenvalue weighted by molar-refractivity contribution is -0.147. The van der Waals surface area contributed by atoms with Gasteiger partial charge < -0.3 is 0 Å². The lowest BCUT2D eigenvalue weighted by Gasteiger charge is -2.48. The Morgan fingerprint density at radius 3 is 1.50 bits per heavy atom. The third-order valence-corrected chi connectivity index (χ3v) is 4.52. The SMILES string of the molecule is O=C1CCC23CCC12CCC3=O. The molecule has 0 aromatic heterocycles. The van der Waals surface area contributed by atoms with E-state index in [2.05, 4.69) is 0 Å². The van der Waals surface area contributed by atoms with Gasteiger partial charge in [0.25, 0.3) is 0 Å². The van der Waals surface area contributed by atoms with E-state index >= 15 is 0 Å². The minimum absolute atomic E-state index is 0.135. The van der Waals surface area contributed by atoms with Crippen molar-refractivity contribution in [3.8, 4) is 0 Å². The van der Waals surface area contributed by atoms with E-state index in [1.807, 2.05) is 0 Å². The lowest BCUT2D eigenvalue weighted by Crippen LogP contribution is -2.49. The second-order valence-corrected chi connectivity index (χ2v) is 4.51. The summed E-state index contributed by atoms with van der Waals surface area (Å²) >= 11 is 0. The molecule has 2 unspecified atom stereocenters. The highest BCUT2D eigenvalue weighted by atomic mass is 16.1. The van der Waals surface area contributed by atoms with Gasteiger partial charge in [0.2, 0.25) is 0 Å². The van der Waals surface area contributed by atoms with Crippen LogP contribution in [0.25, 0.3) is 0 Å². The van der Waals surface area contributed by atoms with Gasteiger partial charge in [-0.1, -0.05) is 0 Å². The fraction of sp³-hybridized carbons (Fsp3) is 0.800. The van der Waals surface area contributed by atoms with Gasteiger partial charge in [0.1, 0.15) is 11.6 Å². The molecule has 2 atom stereocenters. The van der Waals surface area contributed by atoms with Crippen LogP contribution in [0.15, 0.2) is 0 Å². The molecule has 0 bridgehead atoms. The van der Waals surface area contributed by atoms with Gasteiger partial charge in [-0.25, -0.2) is 0 Å². The molecule has 12 heavy (non-hydrogen) atoms. The van der Waals surface area contributed by atoms with Crippen LogP contribution in [0.5, 0.6) is 0 Å². The highest BCUT2D eigenvalue weighted by molar-refractivity contribution is 6.03. The number of hydrogen-bond donors (Lipinski definition) is 0. The van der Waals surface area contributed by atoms with Crippen molar-refractivity contribution in [2.45, 2.75) is 38.5 Å². The Morgan fingerprint density at radius 2 is 1.17 bits per heavy atom. The molecule has 64 valence electrons. The van der Waals surface area contributed by atoms with E-state index in [0.29, 0.717) is 24.4 Å². The molecule has 0 saturated heterocycles. The zero-order chi connectivity index (χ0) is 8.40. The van der Waals surface area contributed by atoms with Gasteiger partial charge in [0, 0.05) is 23.7 Å². The van der Waals surface area contributed by atoms with Crippen LogP contribution in [0.3, 0.4) is 0 Å². The fourth-order valence-electron chi connectivity index (χ4n) is 3.68. The summed E-state index contributed by atoms with van der Waals surface area (Å²) in [5.41, 5.74) is -0.270. The van der Waals surface area contributed by atoms with Crippen molar-refractivity contribution in [3.63, 3.8) is 0 Å². The van der Waals surface area contributed by atoms with Gasteiger partial charge in [0.15, 0.2) is 0 Å². The first-order chi connectivity index (χ1) is 5.71. The molecule has 3 rings (SSSR count). The third-order valence-electron chi connectivity index (χ3n) is 4.52. The molecule has 3 saturated carbocycles. The molecule has 2 heteroatoms. The van der Waals surface area contributed by atoms with Crippen molar-refractivity contribution in [1.82, 2.24) is 0 Å². The molecule has 0 radical (unpaired) electrons. The van der Waals surface area contributed by atoms with Crippen molar-refractivity contribution in [3.05, 3.63) is 0 Å². The van der Waals surface area contributed by atoms with E-state index in [1.54, 1.807) is 0 Å². The summed E-state index contributed by atoms with van der Waals surface area (Å²) in [4.78, 5) is 23.3. The molecule has 3 aliphatic rings. The minimum Gasteiger partial charge on any atom is -0.299 e. The molecule has 0 aliphatic heterocycles. The first-order valence-corrected chi connectivity index (χ1v) is 4.78. The molecule has 0 aromatic carbocycles. The van der Waals surface area contributed by atoms with E-state index in [4.69, 9.17) is 0 Å². The molecule has 0 heterocycles. The quantitative estimate of drug-likeness (QED) is 0.543. The third kappa shape index (κ3) is 0.420. The highest BCUT2D eigenvalue weighted by Gasteiger charge is 2.72. The number of carbonyl (C=O) groups excluding carboxylic acids is 2. The number of carbonyl (C=O) groups is 2. The molecular formula is C10H12O2. The zero-order valence-electron chi connectivity index (χ0n) is 7.06. The summed E-state index contributed by atoms with van der Waals surface area (Å²) in [6.07, 6.45) is 5.07. The summed E-state index contributed by atoms with van der Waals surface area (Å²) < 4.78 is 0. The Morgan fingerprint density at radius 1 is 0.750 bits per heavy atom. The smallest absolute Gasteiger partial charge is 0.140 e. The van der Waals surface area contributed by atoms with Gasteiger partial charge in [-0.2, -0.15) is 0 Å². The summed E-state index contributed by atoms with van der Waals surface area (Å²) in [6, 6.07) is 0. The van der Waals surface area contributed by atoms with Crippen LogP contribution in [-0.2, 0) is 9.59 Å². The summed E-state index contributed by atoms with van der Waals surface area (Å²) in [5, 5.41) is 0. The number of ketones is 2. The second-order valence-electron chi connectivity index (χ2n) is 4.51. The van der Waals surface area contributed by atoms with Gasteiger partial charge in [0.05, 0.1) is 0 Å². The van der Waals surface area contributed by atoms with Crippen LogP contribution in [0.2, 0.25) is 0 Å². The minimum atomic E-state index is -0.135. The maximum absolute atomic E-state index is 11.6. The Bertz CT molecular complexity index is 264. The van der Waals surface area contributed by atoms with E-state index in [1.165, 1.54) is 0 Å². The van der Waals surface area contributed by atoms with Crippen LogP contribution in [0.1, 0.15) is 38.5 Å². The van der Waals surface area contributed by atoms with Gasteiger partial charge in [-0.3, -0.25) is 9.59 Å². The normalized spacial score (nSPS) is 50.3. The number of Topliss-reactive ketones (excluding diaryl/α,β-unsaturated/α-hetero) is 2. The maximum Gasteiger partial charge on any atom is 0.140 e. The largest absolute Gasteiger partial charge is 0.299 e. The van der Waals surface area contributed by atoms with Gasteiger partial charge >= 0.3 is 0 Å². The summed E-state index contributed by atoms with van der Waals surface area (Å²) in [7, 11) is 0. The predicted octanol–water partition coefficient (Wildman–Crippen LogP) is 1.48. The van der Waals surface area contributed by atoms with E-state index in [-0.39, 0.29) is 10.8 Å². The molecule has 3 fully saturated rings. The molecule has 2 nitrogen and oxygen atoms in total. The van der Waals surface area contributed by atoms with E-state index in [0.717, 1.165) is 25.7 Å². The average molecular weight is 164 g/mol.